The number of likely N-dealkylation sites (N-methyl/N-ethyl adjacent to an activating group) is 1. The quantitative estimate of drug-likeness (QED) is 0.555. The van der Waals surface area contributed by atoms with E-state index in [9.17, 15) is 18.4 Å². The van der Waals surface area contributed by atoms with Crippen LogP contribution in [-0.2, 0) is 14.3 Å². The molecule has 1 aromatic rings. The van der Waals surface area contributed by atoms with Gasteiger partial charge in [0.15, 0.2) is 0 Å². The molecule has 0 aliphatic rings. The molecule has 0 heterocycles. The second kappa shape index (κ2) is 9.77. The summed E-state index contributed by atoms with van der Waals surface area (Å²) < 4.78 is 32.4. The van der Waals surface area contributed by atoms with Crippen LogP contribution in [0.5, 0.6) is 0 Å². The lowest BCUT2D eigenvalue weighted by Gasteiger charge is -2.24. The number of anilines is 1. The summed E-state index contributed by atoms with van der Waals surface area (Å²) >= 11 is 0. The molecule has 1 aromatic carbocycles. The Hall–Kier alpha value is -2.28. The van der Waals surface area contributed by atoms with Crippen molar-refractivity contribution in [2.45, 2.75) is 26.4 Å². The molecule has 0 aliphatic carbocycles. The van der Waals surface area contributed by atoms with Crippen LogP contribution >= 0.6 is 0 Å². The van der Waals surface area contributed by atoms with E-state index < -0.39 is 29.3 Å². The minimum atomic E-state index is -0.876. The zero-order valence-corrected chi connectivity index (χ0v) is 13.9. The molecule has 2 amide bonds. The topological polar surface area (TPSA) is 58.6 Å². The number of amides is 2. The third-order valence-electron chi connectivity index (χ3n) is 3.29. The van der Waals surface area contributed by atoms with Gasteiger partial charge < -0.3 is 15.0 Å². The van der Waals surface area contributed by atoms with Gasteiger partial charge in [-0.3, -0.25) is 9.59 Å². The molecule has 1 atom stereocenters. The van der Waals surface area contributed by atoms with Gasteiger partial charge >= 0.3 is 0 Å². The number of para-hydroxylation sites is 1. The summed E-state index contributed by atoms with van der Waals surface area (Å²) in [5, 5.41) is 2.15. The summed E-state index contributed by atoms with van der Waals surface area (Å²) in [6.45, 7) is 7.13. The van der Waals surface area contributed by atoms with Gasteiger partial charge in [0, 0.05) is 6.54 Å². The molecule has 0 radical (unpaired) electrons. The minimum absolute atomic E-state index is 0.265. The Morgan fingerprint density at radius 1 is 1.38 bits per heavy atom. The van der Waals surface area contributed by atoms with E-state index in [0.29, 0.717) is 13.0 Å². The summed E-state index contributed by atoms with van der Waals surface area (Å²) in [5.74, 6) is -2.81. The number of carbonyl (C=O) groups excluding carboxylic acids is 2. The fourth-order valence-corrected chi connectivity index (χ4v) is 1.97. The Labute approximate surface area is 140 Å². The summed E-state index contributed by atoms with van der Waals surface area (Å²) in [6.07, 6.45) is 1.56. The van der Waals surface area contributed by atoms with Crippen LogP contribution in [0, 0.1) is 11.6 Å². The third-order valence-corrected chi connectivity index (χ3v) is 3.29. The number of benzene rings is 1. The lowest BCUT2D eigenvalue weighted by Crippen LogP contribution is -2.43. The number of ether oxygens (including phenoxy) is 1. The number of rotatable bonds is 9. The highest BCUT2D eigenvalue weighted by molar-refractivity contribution is 5.95. The van der Waals surface area contributed by atoms with Crippen LogP contribution in [0.2, 0.25) is 0 Å². The largest absolute Gasteiger partial charge is 0.368 e. The van der Waals surface area contributed by atoms with Gasteiger partial charge in [-0.25, -0.2) is 8.78 Å². The van der Waals surface area contributed by atoms with Gasteiger partial charge in [-0.1, -0.05) is 12.1 Å². The lowest BCUT2D eigenvalue weighted by atomic mass is 10.2. The number of hydrogen-bond donors (Lipinski definition) is 1. The molecule has 7 heteroatoms. The summed E-state index contributed by atoms with van der Waals surface area (Å²) in [4.78, 5) is 25.5. The maximum absolute atomic E-state index is 13.5. The van der Waals surface area contributed by atoms with E-state index in [4.69, 9.17) is 4.74 Å². The van der Waals surface area contributed by atoms with E-state index >= 15 is 0 Å². The molecule has 5 nitrogen and oxygen atoms in total. The van der Waals surface area contributed by atoms with E-state index in [-0.39, 0.29) is 19.0 Å². The number of nitrogens with one attached hydrogen (secondary N) is 1. The standard InChI is InChI=1S/C17H22F2N2O3/c1-4-6-10-24-12(3)17(23)21(5-2)11-15(22)20-16-13(18)8-7-9-14(16)19/h4,7-9,12H,1,5-6,10-11H2,2-3H3,(H,20,22). The Balaban J connectivity index is 2.65. The predicted molar refractivity (Wildman–Crippen MR) is 87.5 cm³/mol. The molecule has 0 bridgehead atoms. The van der Waals surface area contributed by atoms with Crippen molar-refractivity contribution in [3.8, 4) is 0 Å². The van der Waals surface area contributed by atoms with Crippen LogP contribution in [0.1, 0.15) is 20.3 Å². The molecule has 0 aromatic heterocycles. The van der Waals surface area contributed by atoms with Crippen LogP contribution in [0.25, 0.3) is 0 Å². The van der Waals surface area contributed by atoms with Gasteiger partial charge in [-0.05, 0) is 32.4 Å². The van der Waals surface area contributed by atoms with Crippen LogP contribution in [-0.4, -0.2) is 42.5 Å². The molecule has 132 valence electrons. The number of hydrogen-bond acceptors (Lipinski definition) is 3. The summed E-state index contributed by atoms with van der Waals surface area (Å²) in [5.41, 5.74) is -0.527. The molecule has 0 spiro atoms. The summed E-state index contributed by atoms with van der Waals surface area (Å²) in [7, 11) is 0. The molecule has 0 saturated heterocycles. The van der Waals surface area contributed by atoms with Crippen molar-refractivity contribution in [1.82, 2.24) is 4.90 Å². The van der Waals surface area contributed by atoms with Gasteiger partial charge in [0.25, 0.3) is 5.91 Å². The molecule has 1 rings (SSSR count). The van der Waals surface area contributed by atoms with E-state index in [2.05, 4.69) is 11.9 Å². The monoisotopic (exact) mass is 340 g/mol. The SMILES string of the molecule is C=CCCOC(C)C(=O)N(CC)CC(=O)Nc1c(F)cccc1F. The van der Waals surface area contributed by atoms with E-state index in [1.54, 1.807) is 19.9 Å². The van der Waals surface area contributed by atoms with Crippen LogP contribution in [0.3, 0.4) is 0 Å². The first-order valence-corrected chi connectivity index (χ1v) is 7.65. The molecular weight excluding hydrogens is 318 g/mol. The Bertz CT molecular complexity index is 573. The first kappa shape index (κ1) is 19.8. The maximum atomic E-state index is 13.5. The van der Waals surface area contributed by atoms with E-state index in [0.717, 1.165) is 12.1 Å². The normalized spacial score (nSPS) is 11.7. The number of halogens is 2. The Kier molecular flexibility index (Phi) is 8.05. The highest BCUT2D eigenvalue weighted by Gasteiger charge is 2.22. The molecular formula is C17H22F2N2O3. The van der Waals surface area contributed by atoms with Crippen molar-refractivity contribution in [3.05, 3.63) is 42.5 Å². The molecule has 0 aliphatic heterocycles. The molecule has 0 saturated carbocycles. The van der Waals surface area contributed by atoms with Gasteiger partial charge in [-0.2, -0.15) is 0 Å². The van der Waals surface area contributed by atoms with Gasteiger partial charge in [0.1, 0.15) is 23.4 Å². The highest BCUT2D eigenvalue weighted by Crippen LogP contribution is 2.17. The fourth-order valence-electron chi connectivity index (χ4n) is 1.97. The van der Waals surface area contributed by atoms with Crippen molar-refractivity contribution in [3.63, 3.8) is 0 Å². The van der Waals surface area contributed by atoms with Crippen LogP contribution in [0.4, 0.5) is 14.5 Å². The van der Waals surface area contributed by atoms with E-state index in [1.165, 1.54) is 11.0 Å². The second-order valence-corrected chi connectivity index (χ2v) is 5.09. The molecule has 1 unspecified atom stereocenters. The van der Waals surface area contributed by atoms with Crippen LogP contribution in [0.15, 0.2) is 30.9 Å². The maximum Gasteiger partial charge on any atom is 0.251 e. The highest BCUT2D eigenvalue weighted by atomic mass is 19.1. The first-order valence-electron chi connectivity index (χ1n) is 7.65. The number of nitrogens with zero attached hydrogens (tertiary/aromatic N) is 1. The van der Waals surface area contributed by atoms with Crippen molar-refractivity contribution in [2.24, 2.45) is 0 Å². The van der Waals surface area contributed by atoms with Gasteiger partial charge in [-0.15, -0.1) is 6.58 Å². The van der Waals surface area contributed by atoms with Crippen molar-refractivity contribution >= 4 is 17.5 Å². The fraction of sp³-hybridized carbons (Fsp3) is 0.412. The second-order valence-electron chi connectivity index (χ2n) is 5.09. The Morgan fingerprint density at radius 3 is 2.54 bits per heavy atom. The lowest BCUT2D eigenvalue weighted by molar-refractivity contribution is -0.144. The van der Waals surface area contributed by atoms with Crippen molar-refractivity contribution in [2.75, 3.05) is 25.0 Å². The summed E-state index contributed by atoms with van der Waals surface area (Å²) in [6, 6.07) is 3.28. The average Bonchev–Trinajstić information content (AvgIpc) is 2.55. The smallest absolute Gasteiger partial charge is 0.251 e. The first-order chi connectivity index (χ1) is 11.4. The van der Waals surface area contributed by atoms with Crippen molar-refractivity contribution < 1.29 is 23.1 Å². The van der Waals surface area contributed by atoms with E-state index in [1.807, 2.05) is 0 Å². The zero-order chi connectivity index (χ0) is 18.1. The molecule has 24 heavy (non-hydrogen) atoms. The predicted octanol–water partition coefficient (Wildman–Crippen LogP) is 2.73. The zero-order valence-electron chi connectivity index (χ0n) is 13.9. The van der Waals surface area contributed by atoms with Crippen LogP contribution < -0.4 is 5.32 Å². The molecule has 1 N–H and O–H groups in total. The minimum Gasteiger partial charge on any atom is -0.368 e. The number of carbonyl (C=O) groups is 2. The van der Waals surface area contributed by atoms with Gasteiger partial charge in [0.05, 0.1) is 13.2 Å². The van der Waals surface area contributed by atoms with Crippen molar-refractivity contribution in [1.29, 1.82) is 0 Å². The molecule has 0 fully saturated rings. The Morgan fingerprint density at radius 2 is 2.00 bits per heavy atom. The average molecular weight is 340 g/mol. The van der Waals surface area contributed by atoms with Gasteiger partial charge in [0.2, 0.25) is 5.91 Å². The third kappa shape index (κ3) is 5.73.